The average molecular weight is 384 g/mol. The van der Waals surface area contributed by atoms with Gasteiger partial charge in [0.1, 0.15) is 0 Å². The fourth-order valence-corrected chi connectivity index (χ4v) is 4.81. The first-order valence-corrected chi connectivity index (χ1v) is 8.55. The van der Waals surface area contributed by atoms with Crippen LogP contribution in [0.1, 0.15) is 36.0 Å². The van der Waals surface area contributed by atoms with Crippen molar-refractivity contribution >= 4 is 72.1 Å². The standard InChI is InChI=1S/C12H9Cl5OP.Li/c13-7-6(8(14)10(16)11(17)9(7)15)12(18)19-5-3-1-2-4-5;/h5H,1-4H2;/q-1;+1. The van der Waals surface area contributed by atoms with Gasteiger partial charge in [-0.25, -0.2) is 0 Å². The zero-order chi connectivity index (χ0) is 14.2. The Hall–Kier alpha value is 1.37. The summed E-state index contributed by atoms with van der Waals surface area (Å²) >= 11 is 29.9. The molecular formula is C12H9Cl5LiOP. The summed E-state index contributed by atoms with van der Waals surface area (Å²) in [5.41, 5.74) is 0.395. The second-order valence-corrected chi connectivity index (χ2v) is 7.60. The van der Waals surface area contributed by atoms with Crippen LogP contribution in [0.5, 0.6) is 0 Å². The van der Waals surface area contributed by atoms with Gasteiger partial charge in [-0.05, 0) is 0 Å². The minimum atomic E-state index is -0.151. The third-order valence-electron chi connectivity index (χ3n) is 3.05. The van der Waals surface area contributed by atoms with Crippen LogP contribution in [0.3, 0.4) is 0 Å². The Morgan fingerprint density at radius 2 is 1.25 bits per heavy atom. The summed E-state index contributed by atoms with van der Waals surface area (Å²) in [4.78, 5) is 12.3. The van der Waals surface area contributed by atoms with E-state index in [4.69, 9.17) is 58.0 Å². The predicted octanol–water partition coefficient (Wildman–Crippen LogP) is 3.99. The molecule has 1 aromatic carbocycles. The molecule has 0 spiro atoms. The normalized spacial score (nSPS) is 15.8. The van der Waals surface area contributed by atoms with Gasteiger partial charge in [0.2, 0.25) is 0 Å². The fraction of sp³-hybridized carbons (Fsp3) is 0.417. The van der Waals surface area contributed by atoms with Crippen molar-refractivity contribution in [1.29, 1.82) is 0 Å². The van der Waals surface area contributed by atoms with Crippen LogP contribution in [-0.4, -0.2) is 11.2 Å². The van der Waals surface area contributed by atoms with Crippen molar-refractivity contribution in [3.05, 3.63) is 30.7 Å². The SMILES string of the molecule is O=C([P-]C1CCCC1)c1c(Cl)c(Cl)c(Cl)c(Cl)c1Cl.[Li+]. The molecule has 1 aliphatic rings. The minimum absolute atomic E-state index is 0. The van der Waals surface area contributed by atoms with Crippen LogP contribution in [0.4, 0.5) is 0 Å². The van der Waals surface area contributed by atoms with Crippen LogP contribution in [0.2, 0.25) is 25.1 Å². The second kappa shape index (κ2) is 8.28. The van der Waals surface area contributed by atoms with Gasteiger partial charge in [0.05, 0.1) is 25.1 Å². The van der Waals surface area contributed by atoms with Crippen molar-refractivity contribution in [2.24, 2.45) is 0 Å². The van der Waals surface area contributed by atoms with Crippen molar-refractivity contribution in [1.82, 2.24) is 0 Å². The van der Waals surface area contributed by atoms with E-state index in [1.165, 1.54) is 0 Å². The molecule has 1 saturated carbocycles. The number of hydrogen-bond donors (Lipinski definition) is 0. The van der Waals surface area contributed by atoms with Crippen LogP contribution in [-0.2, 0) is 0 Å². The summed E-state index contributed by atoms with van der Waals surface area (Å²) in [6.07, 6.45) is 4.43. The molecule has 0 saturated heterocycles. The van der Waals surface area contributed by atoms with Crippen LogP contribution >= 0.6 is 66.6 Å². The van der Waals surface area contributed by atoms with E-state index in [2.05, 4.69) is 0 Å². The van der Waals surface area contributed by atoms with Crippen molar-refractivity contribution in [3.63, 3.8) is 0 Å². The first-order chi connectivity index (χ1) is 8.93. The molecule has 0 bridgehead atoms. The number of carbonyl (C=O) groups is 1. The van der Waals surface area contributed by atoms with Crippen molar-refractivity contribution in [2.75, 3.05) is 0 Å². The van der Waals surface area contributed by atoms with Gasteiger partial charge in [-0.1, -0.05) is 83.7 Å². The molecule has 2 rings (SSSR count). The molecule has 0 atom stereocenters. The van der Waals surface area contributed by atoms with Crippen molar-refractivity contribution in [3.8, 4) is 0 Å². The molecular weight excluding hydrogens is 375 g/mol. The monoisotopic (exact) mass is 382 g/mol. The topological polar surface area (TPSA) is 17.1 Å². The van der Waals surface area contributed by atoms with Gasteiger partial charge in [-0.2, -0.15) is 5.66 Å². The number of rotatable bonds is 3. The molecule has 1 aliphatic carbocycles. The number of halogens is 5. The van der Waals surface area contributed by atoms with Crippen molar-refractivity contribution < 1.29 is 23.7 Å². The minimum Gasteiger partial charge on any atom is -0.456 e. The zero-order valence-corrected chi connectivity index (χ0v) is 15.3. The Kier molecular flexibility index (Phi) is 8.04. The summed E-state index contributed by atoms with van der Waals surface area (Å²) < 4.78 is 0. The van der Waals surface area contributed by atoms with Gasteiger partial charge in [0.15, 0.2) is 0 Å². The maximum absolute atomic E-state index is 12.3. The van der Waals surface area contributed by atoms with E-state index in [9.17, 15) is 4.79 Å². The number of carbonyl (C=O) groups excluding carboxylic acids is 1. The van der Waals surface area contributed by atoms with E-state index in [-0.39, 0.29) is 55.1 Å². The molecule has 20 heavy (non-hydrogen) atoms. The molecule has 104 valence electrons. The van der Waals surface area contributed by atoms with Crippen LogP contribution in [0.25, 0.3) is 0 Å². The molecule has 0 amide bonds. The van der Waals surface area contributed by atoms with E-state index >= 15 is 0 Å². The number of benzene rings is 1. The summed E-state index contributed by atoms with van der Waals surface area (Å²) in [7, 11) is 0.697. The molecule has 1 nitrogen and oxygen atoms in total. The molecule has 0 heterocycles. The molecule has 0 unspecified atom stereocenters. The number of hydrogen-bond acceptors (Lipinski definition) is 1. The Morgan fingerprint density at radius 3 is 1.70 bits per heavy atom. The summed E-state index contributed by atoms with van der Waals surface area (Å²) in [5, 5.41) is 0.381. The summed E-state index contributed by atoms with van der Waals surface area (Å²) in [6, 6.07) is 0. The summed E-state index contributed by atoms with van der Waals surface area (Å²) in [5.74, 6) is 0. The van der Waals surface area contributed by atoms with E-state index in [1.807, 2.05) is 0 Å². The zero-order valence-electron chi connectivity index (χ0n) is 10.7. The van der Waals surface area contributed by atoms with Crippen LogP contribution in [0, 0.1) is 0 Å². The molecule has 0 aromatic heterocycles. The van der Waals surface area contributed by atoms with Gasteiger partial charge in [0.25, 0.3) is 0 Å². The van der Waals surface area contributed by atoms with E-state index < -0.39 is 0 Å². The van der Waals surface area contributed by atoms with Crippen molar-refractivity contribution in [2.45, 2.75) is 31.3 Å². The molecule has 0 N–H and O–H groups in total. The molecule has 0 aliphatic heterocycles. The maximum Gasteiger partial charge on any atom is 1.00 e. The van der Waals surface area contributed by atoms with Gasteiger partial charge in [-0.15, -0.1) is 0 Å². The quantitative estimate of drug-likeness (QED) is 0.333. The maximum atomic E-state index is 12.3. The second-order valence-electron chi connectivity index (χ2n) is 4.32. The van der Waals surface area contributed by atoms with E-state index in [0.29, 0.717) is 14.2 Å². The molecule has 1 fully saturated rings. The molecule has 1 aromatic rings. The Balaban J connectivity index is 0.00000200. The average Bonchev–Trinajstić information content (AvgIpc) is 2.87. The largest absolute Gasteiger partial charge is 1.00 e. The third-order valence-corrected chi connectivity index (χ3v) is 6.66. The van der Waals surface area contributed by atoms with Crippen LogP contribution in [0.15, 0.2) is 0 Å². The van der Waals surface area contributed by atoms with Gasteiger partial charge in [-0.3, -0.25) is 0 Å². The smallest absolute Gasteiger partial charge is 0.456 e. The molecule has 8 heteroatoms. The van der Waals surface area contributed by atoms with Gasteiger partial charge in [0, 0.05) is 11.1 Å². The first kappa shape index (κ1) is 19.4. The van der Waals surface area contributed by atoms with Gasteiger partial charge < -0.3 is 13.4 Å². The fourth-order valence-electron chi connectivity index (χ4n) is 2.06. The Bertz CT molecular complexity index is 502. The Morgan fingerprint density at radius 1 is 0.850 bits per heavy atom. The van der Waals surface area contributed by atoms with E-state index in [1.54, 1.807) is 0 Å². The van der Waals surface area contributed by atoms with E-state index in [0.717, 1.165) is 25.7 Å². The molecule has 0 radical (unpaired) electrons. The summed E-state index contributed by atoms with van der Waals surface area (Å²) in [6.45, 7) is 0. The Labute approximate surface area is 157 Å². The first-order valence-electron chi connectivity index (χ1n) is 5.70. The van der Waals surface area contributed by atoms with Gasteiger partial charge >= 0.3 is 18.9 Å². The third kappa shape index (κ3) is 4.01. The van der Waals surface area contributed by atoms with Crippen LogP contribution < -0.4 is 18.9 Å². The predicted molar refractivity (Wildman–Crippen MR) is 85.0 cm³/mol.